The third-order valence-electron chi connectivity index (χ3n) is 5.74. The highest BCUT2D eigenvalue weighted by Gasteiger charge is 2.31. The summed E-state index contributed by atoms with van der Waals surface area (Å²) >= 11 is 1.54. The number of hydrogen-bond donors (Lipinski definition) is 0. The Kier molecular flexibility index (Phi) is 5.02. The first-order valence-electron chi connectivity index (χ1n) is 9.52. The highest BCUT2D eigenvalue weighted by molar-refractivity contribution is 7.98. The van der Waals surface area contributed by atoms with Gasteiger partial charge in [0.1, 0.15) is 5.03 Å². The van der Waals surface area contributed by atoms with Crippen molar-refractivity contribution in [2.24, 2.45) is 7.05 Å². The summed E-state index contributed by atoms with van der Waals surface area (Å²) in [6, 6.07) is 4.08. The Labute approximate surface area is 159 Å². The molecule has 0 aromatic carbocycles. The molecule has 0 atom stereocenters. The van der Waals surface area contributed by atoms with Crippen LogP contribution in [0, 0.1) is 0 Å². The van der Waals surface area contributed by atoms with Crippen LogP contribution in [0.2, 0.25) is 0 Å². The summed E-state index contributed by atoms with van der Waals surface area (Å²) in [5, 5.41) is 5.58. The topological polar surface area (TPSA) is 51.0 Å². The van der Waals surface area contributed by atoms with E-state index in [9.17, 15) is 4.79 Å². The molecule has 0 aliphatic heterocycles. The number of hydrogen-bond acceptors (Lipinski definition) is 4. The van der Waals surface area contributed by atoms with Crippen molar-refractivity contribution in [1.82, 2.24) is 19.7 Å². The Morgan fingerprint density at radius 1 is 1.31 bits per heavy atom. The number of thioether (sulfide) groups is 1. The van der Waals surface area contributed by atoms with Gasteiger partial charge in [0.25, 0.3) is 5.91 Å². The smallest absolute Gasteiger partial charge is 0.257 e. The molecule has 1 saturated carbocycles. The van der Waals surface area contributed by atoms with Crippen molar-refractivity contribution < 1.29 is 4.79 Å². The molecule has 2 aliphatic rings. The van der Waals surface area contributed by atoms with Crippen LogP contribution in [-0.4, -0.2) is 37.9 Å². The molecule has 26 heavy (non-hydrogen) atoms. The molecular weight excluding hydrogens is 344 g/mol. The van der Waals surface area contributed by atoms with E-state index in [-0.39, 0.29) is 5.91 Å². The van der Waals surface area contributed by atoms with Crippen molar-refractivity contribution in [3.63, 3.8) is 0 Å². The first-order chi connectivity index (χ1) is 12.7. The van der Waals surface area contributed by atoms with Crippen molar-refractivity contribution in [2.45, 2.75) is 62.6 Å². The summed E-state index contributed by atoms with van der Waals surface area (Å²) in [7, 11) is 2.03. The van der Waals surface area contributed by atoms with Gasteiger partial charge in [0.2, 0.25) is 0 Å². The molecule has 6 heteroatoms. The molecule has 0 N–H and O–H groups in total. The first kappa shape index (κ1) is 17.6. The lowest BCUT2D eigenvalue weighted by Crippen LogP contribution is -2.39. The van der Waals surface area contributed by atoms with Gasteiger partial charge in [0, 0.05) is 25.0 Å². The molecule has 0 spiro atoms. The summed E-state index contributed by atoms with van der Waals surface area (Å²) < 4.78 is 2.02. The summed E-state index contributed by atoms with van der Waals surface area (Å²) in [5.41, 5.74) is 4.54. The lowest BCUT2D eigenvalue weighted by atomic mass is 10.1. The summed E-state index contributed by atoms with van der Waals surface area (Å²) in [6.07, 6.45) is 11.7. The SMILES string of the molecule is CSc1ncccc1C(=O)N(Cc1nn(C)c2c1CCC2)C1CCCC1. The predicted octanol–water partition coefficient (Wildman–Crippen LogP) is 3.61. The van der Waals surface area contributed by atoms with E-state index in [4.69, 9.17) is 5.10 Å². The average molecular weight is 371 g/mol. The number of rotatable bonds is 5. The van der Waals surface area contributed by atoms with Crippen LogP contribution >= 0.6 is 11.8 Å². The molecular formula is C20H26N4OS. The second-order valence-electron chi connectivity index (χ2n) is 7.28. The van der Waals surface area contributed by atoms with E-state index in [2.05, 4.69) is 9.88 Å². The number of fused-ring (bicyclic) bond motifs is 1. The van der Waals surface area contributed by atoms with Crippen molar-refractivity contribution in [3.05, 3.63) is 40.8 Å². The number of pyridine rings is 1. The molecule has 1 amide bonds. The van der Waals surface area contributed by atoms with Crippen LogP contribution in [0.15, 0.2) is 23.4 Å². The van der Waals surface area contributed by atoms with Crippen molar-refractivity contribution in [1.29, 1.82) is 0 Å². The largest absolute Gasteiger partial charge is 0.330 e. The van der Waals surface area contributed by atoms with Crippen LogP contribution in [0.5, 0.6) is 0 Å². The summed E-state index contributed by atoms with van der Waals surface area (Å²) in [5.74, 6) is 0.103. The number of aromatic nitrogens is 3. The Bertz CT molecular complexity index is 810. The van der Waals surface area contributed by atoms with Gasteiger partial charge in [-0.3, -0.25) is 9.48 Å². The maximum atomic E-state index is 13.5. The van der Waals surface area contributed by atoms with Crippen LogP contribution in [0.4, 0.5) is 0 Å². The molecule has 0 saturated heterocycles. The van der Waals surface area contributed by atoms with E-state index in [1.165, 1.54) is 42.3 Å². The molecule has 0 radical (unpaired) electrons. The number of amides is 1. The van der Waals surface area contributed by atoms with Crippen LogP contribution in [0.1, 0.15) is 59.4 Å². The van der Waals surface area contributed by atoms with Crippen molar-refractivity contribution in [2.75, 3.05) is 6.26 Å². The van der Waals surface area contributed by atoms with Gasteiger partial charge < -0.3 is 4.90 Å². The van der Waals surface area contributed by atoms with E-state index >= 15 is 0 Å². The molecule has 2 heterocycles. The first-order valence-corrected chi connectivity index (χ1v) is 10.7. The van der Waals surface area contributed by atoms with Gasteiger partial charge in [-0.2, -0.15) is 5.10 Å². The van der Waals surface area contributed by atoms with Gasteiger partial charge in [0.15, 0.2) is 0 Å². The quantitative estimate of drug-likeness (QED) is 0.755. The van der Waals surface area contributed by atoms with Gasteiger partial charge >= 0.3 is 0 Å². The predicted molar refractivity (Wildman–Crippen MR) is 103 cm³/mol. The fourth-order valence-corrected chi connectivity index (χ4v) is 4.98. The van der Waals surface area contributed by atoms with Gasteiger partial charge in [-0.05, 0) is 56.1 Å². The fourth-order valence-electron chi connectivity index (χ4n) is 4.44. The van der Waals surface area contributed by atoms with Gasteiger partial charge in [0.05, 0.1) is 17.8 Å². The maximum absolute atomic E-state index is 13.5. The third-order valence-corrected chi connectivity index (χ3v) is 6.45. The van der Waals surface area contributed by atoms with Gasteiger partial charge in [-0.1, -0.05) is 12.8 Å². The normalized spacial score (nSPS) is 16.8. The standard InChI is InChI=1S/C20H26N4OS/c1-23-18-11-5-9-15(18)17(22-23)13-24(14-7-3-4-8-14)20(25)16-10-6-12-21-19(16)26-2/h6,10,12,14H,3-5,7-9,11,13H2,1-2H3. The summed E-state index contributed by atoms with van der Waals surface area (Å²) in [4.78, 5) is 19.9. The molecule has 138 valence electrons. The maximum Gasteiger partial charge on any atom is 0.257 e. The highest BCUT2D eigenvalue weighted by atomic mass is 32.2. The van der Waals surface area contributed by atoms with E-state index in [1.807, 2.05) is 30.1 Å². The minimum Gasteiger partial charge on any atom is -0.330 e. The number of carbonyl (C=O) groups is 1. The second-order valence-corrected chi connectivity index (χ2v) is 8.08. The monoisotopic (exact) mass is 370 g/mol. The minimum absolute atomic E-state index is 0.103. The second kappa shape index (κ2) is 7.43. The van der Waals surface area contributed by atoms with Crippen LogP contribution in [0.3, 0.4) is 0 Å². The lowest BCUT2D eigenvalue weighted by Gasteiger charge is -2.29. The molecule has 0 bridgehead atoms. The van der Waals surface area contributed by atoms with Crippen LogP contribution < -0.4 is 0 Å². The molecule has 0 unspecified atom stereocenters. The zero-order chi connectivity index (χ0) is 18.1. The van der Waals surface area contributed by atoms with Crippen molar-refractivity contribution in [3.8, 4) is 0 Å². The zero-order valence-corrected chi connectivity index (χ0v) is 16.4. The van der Waals surface area contributed by atoms with Crippen molar-refractivity contribution >= 4 is 17.7 Å². The highest BCUT2D eigenvalue weighted by Crippen LogP contribution is 2.31. The minimum atomic E-state index is 0.103. The number of nitrogens with zero attached hydrogens (tertiary/aromatic N) is 4. The number of aryl methyl sites for hydroxylation is 1. The molecule has 2 aromatic heterocycles. The van der Waals surface area contributed by atoms with Crippen LogP contribution in [0.25, 0.3) is 0 Å². The fraction of sp³-hybridized carbons (Fsp3) is 0.550. The molecule has 2 aliphatic carbocycles. The Balaban J connectivity index is 1.67. The van der Waals surface area contributed by atoms with E-state index < -0.39 is 0 Å². The van der Waals surface area contributed by atoms with Crippen LogP contribution in [-0.2, 0) is 26.4 Å². The molecule has 5 nitrogen and oxygen atoms in total. The average Bonchev–Trinajstić information content (AvgIpc) is 3.40. The molecule has 4 rings (SSSR count). The molecule has 1 fully saturated rings. The van der Waals surface area contributed by atoms with E-state index in [0.717, 1.165) is 42.0 Å². The summed E-state index contributed by atoms with van der Waals surface area (Å²) in [6.45, 7) is 0.620. The number of carbonyl (C=O) groups excluding carboxylic acids is 1. The Morgan fingerprint density at radius 3 is 2.88 bits per heavy atom. The lowest BCUT2D eigenvalue weighted by molar-refractivity contribution is 0.0656. The molecule has 2 aromatic rings. The Morgan fingerprint density at radius 2 is 2.12 bits per heavy atom. The zero-order valence-electron chi connectivity index (χ0n) is 15.6. The third kappa shape index (κ3) is 3.15. The van der Waals surface area contributed by atoms with E-state index in [0.29, 0.717) is 12.6 Å². The Hall–Kier alpha value is -1.82. The van der Waals surface area contributed by atoms with E-state index in [1.54, 1.807) is 6.20 Å². The van der Waals surface area contributed by atoms with Gasteiger partial charge in [-0.25, -0.2) is 4.98 Å². The van der Waals surface area contributed by atoms with Gasteiger partial charge in [-0.15, -0.1) is 11.8 Å².